The second kappa shape index (κ2) is 9.28. The summed E-state index contributed by atoms with van der Waals surface area (Å²) in [5.74, 6) is -2.96. The van der Waals surface area contributed by atoms with Crippen LogP contribution >= 0.6 is 21.6 Å². The maximum Gasteiger partial charge on any atom is 0.534 e. The summed E-state index contributed by atoms with van der Waals surface area (Å²) in [6.45, 7) is 0. The van der Waals surface area contributed by atoms with Crippen molar-refractivity contribution in [1.82, 2.24) is 10.1 Å². The summed E-state index contributed by atoms with van der Waals surface area (Å²) in [5, 5.41) is 0.695. The highest BCUT2D eigenvalue weighted by molar-refractivity contribution is 8.76. The van der Waals surface area contributed by atoms with Gasteiger partial charge in [-0.15, -0.1) is 0 Å². The van der Waals surface area contributed by atoms with Crippen LogP contribution in [0, 0.1) is 0 Å². The first-order valence-corrected chi connectivity index (χ1v) is 9.52. The lowest BCUT2D eigenvalue weighted by Gasteiger charge is -2.12. The predicted molar refractivity (Wildman–Crippen MR) is 82.2 cm³/mol. The smallest absolute Gasteiger partial charge is 0.421 e. The molecule has 142 valence electrons. The number of hydroxylamine groups is 4. The molecule has 0 aliphatic carbocycles. The monoisotopic (exact) mass is 408 g/mol. The van der Waals surface area contributed by atoms with E-state index in [1.807, 2.05) is 0 Å². The van der Waals surface area contributed by atoms with E-state index in [-0.39, 0.29) is 37.6 Å². The van der Waals surface area contributed by atoms with Gasteiger partial charge in [-0.05, 0) is 21.6 Å². The van der Waals surface area contributed by atoms with Crippen molar-refractivity contribution in [2.75, 3.05) is 11.9 Å². The predicted octanol–water partition coefficient (Wildman–Crippen LogP) is 0.717. The first kappa shape index (κ1) is 19.8. The van der Waals surface area contributed by atoms with Crippen LogP contribution < -0.4 is 0 Å². The number of amides is 4. The minimum atomic E-state index is -1.23. The van der Waals surface area contributed by atoms with Crippen LogP contribution in [0.25, 0.3) is 0 Å². The van der Waals surface area contributed by atoms with E-state index in [0.717, 1.165) is 21.6 Å². The quantitative estimate of drug-likeness (QED) is 0.192. The number of carbonyl (C=O) groups excluding carboxylic acids is 6. The number of hydrogen-bond acceptors (Lipinski definition) is 12. The standard InChI is InChI=1S/C12H12N2O10S2/c15-7-1-2-8(16)13(7)23-11(19)21-5-25-26-6-22-12(20)24-14-9(17)3-4-10(14)18/h1-6H2. The molecule has 2 saturated heterocycles. The SMILES string of the molecule is O=C(OCSSCOC(=O)ON1C(=O)CCC1=O)ON1C(=O)CCC1=O. The lowest BCUT2D eigenvalue weighted by molar-refractivity contribution is -0.177. The van der Waals surface area contributed by atoms with Gasteiger partial charge in [-0.3, -0.25) is 28.9 Å². The Morgan fingerprint density at radius 2 is 1.00 bits per heavy atom. The van der Waals surface area contributed by atoms with Crippen molar-refractivity contribution in [2.45, 2.75) is 25.7 Å². The zero-order chi connectivity index (χ0) is 19.1. The third kappa shape index (κ3) is 5.52. The molecule has 26 heavy (non-hydrogen) atoms. The molecule has 0 aromatic rings. The fourth-order valence-corrected chi connectivity index (χ4v) is 2.85. The molecular weight excluding hydrogens is 396 g/mol. The summed E-state index contributed by atoms with van der Waals surface area (Å²) in [4.78, 5) is 76.4. The van der Waals surface area contributed by atoms with Gasteiger partial charge in [0.25, 0.3) is 23.6 Å². The van der Waals surface area contributed by atoms with Crippen LogP contribution in [0.4, 0.5) is 9.59 Å². The van der Waals surface area contributed by atoms with Crippen molar-refractivity contribution in [3.8, 4) is 0 Å². The Labute approximate surface area is 153 Å². The number of imide groups is 2. The third-order valence-corrected chi connectivity index (χ3v) is 4.55. The lowest BCUT2D eigenvalue weighted by Crippen LogP contribution is -2.32. The molecule has 0 unspecified atom stereocenters. The minimum absolute atomic E-state index is 0.0290. The van der Waals surface area contributed by atoms with Crippen LogP contribution in [0.1, 0.15) is 25.7 Å². The third-order valence-electron chi connectivity index (χ3n) is 2.88. The second-order valence-corrected chi connectivity index (χ2v) is 6.96. The summed E-state index contributed by atoms with van der Waals surface area (Å²) < 4.78 is 9.22. The maximum atomic E-state index is 11.3. The zero-order valence-electron chi connectivity index (χ0n) is 13.0. The molecule has 0 radical (unpaired) electrons. The second-order valence-electron chi connectivity index (χ2n) is 4.61. The zero-order valence-corrected chi connectivity index (χ0v) is 14.7. The molecule has 0 aromatic heterocycles. The molecule has 12 nitrogen and oxygen atoms in total. The molecule has 0 N–H and O–H groups in total. The van der Waals surface area contributed by atoms with Crippen LogP contribution in [0.5, 0.6) is 0 Å². The van der Waals surface area contributed by atoms with Gasteiger partial charge in [0.2, 0.25) is 0 Å². The number of nitrogens with zero attached hydrogens (tertiary/aromatic N) is 2. The van der Waals surface area contributed by atoms with E-state index in [1.54, 1.807) is 0 Å². The van der Waals surface area contributed by atoms with Gasteiger partial charge in [0.1, 0.15) is 0 Å². The van der Waals surface area contributed by atoms with E-state index in [0.29, 0.717) is 10.1 Å². The first-order chi connectivity index (χ1) is 12.4. The molecule has 0 atom stereocenters. The van der Waals surface area contributed by atoms with Crippen LogP contribution in [-0.4, -0.2) is 57.9 Å². The Morgan fingerprint density at radius 1 is 0.692 bits per heavy atom. The number of rotatable bonds is 7. The average Bonchev–Trinajstić information content (AvgIpc) is 3.08. The fourth-order valence-electron chi connectivity index (χ4n) is 1.73. The van der Waals surface area contributed by atoms with Gasteiger partial charge < -0.3 is 9.47 Å². The van der Waals surface area contributed by atoms with Crippen molar-refractivity contribution < 1.29 is 47.9 Å². The Balaban J connectivity index is 1.52. The van der Waals surface area contributed by atoms with Crippen molar-refractivity contribution in [3.63, 3.8) is 0 Å². The fraction of sp³-hybridized carbons (Fsp3) is 0.500. The number of hydrogen-bond donors (Lipinski definition) is 0. The molecule has 2 heterocycles. The Kier molecular flexibility index (Phi) is 7.08. The molecule has 0 spiro atoms. The normalized spacial score (nSPS) is 16.9. The number of ether oxygens (including phenoxy) is 2. The molecule has 2 aliphatic heterocycles. The molecule has 0 bridgehead atoms. The Morgan fingerprint density at radius 3 is 1.31 bits per heavy atom. The van der Waals surface area contributed by atoms with E-state index in [2.05, 4.69) is 19.1 Å². The van der Waals surface area contributed by atoms with Gasteiger partial charge in [0, 0.05) is 25.7 Å². The summed E-state index contributed by atoms with van der Waals surface area (Å²) in [6, 6.07) is 0. The molecule has 2 fully saturated rings. The Bertz CT molecular complexity index is 554. The van der Waals surface area contributed by atoms with Crippen molar-refractivity contribution in [3.05, 3.63) is 0 Å². The van der Waals surface area contributed by atoms with Gasteiger partial charge in [-0.25, -0.2) is 9.59 Å². The van der Waals surface area contributed by atoms with Crippen LogP contribution in [-0.2, 0) is 38.3 Å². The van der Waals surface area contributed by atoms with Crippen LogP contribution in [0.2, 0.25) is 0 Å². The van der Waals surface area contributed by atoms with Crippen LogP contribution in [0.3, 0.4) is 0 Å². The highest BCUT2D eigenvalue weighted by Crippen LogP contribution is 2.22. The average molecular weight is 408 g/mol. The van der Waals surface area contributed by atoms with E-state index >= 15 is 0 Å². The van der Waals surface area contributed by atoms with Gasteiger partial charge in [0.15, 0.2) is 11.9 Å². The van der Waals surface area contributed by atoms with Gasteiger partial charge in [-0.1, -0.05) is 10.1 Å². The highest BCUT2D eigenvalue weighted by atomic mass is 33.1. The maximum absolute atomic E-state index is 11.3. The van der Waals surface area contributed by atoms with E-state index < -0.39 is 35.9 Å². The summed E-state index contributed by atoms with van der Waals surface area (Å²) >= 11 is 0. The molecule has 0 saturated carbocycles. The highest BCUT2D eigenvalue weighted by Gasteiger charge is 2.34. The van der Waals surface area contributed by atoms with Crippen molar-refractivity contribution in [2.24, 2.45) is 0 Å². The van der Waals surface area contributed by atoms with E-state index in [4.69, 9.17) is 0 Å². The Hall–Kier alpha value is -2.48. The largest absolute Gasteiger partial charge is 0.534 e. The summed E-state index contributed by atoms with van der Waals surface area (Å²) in [6.07, 6.45) is -2.57. The van der Waals surface area contributed by atoms with Gasteiger partial charge in [0.05, 0.1) is 0 Å². The molecule has 4 amide bonds. The lowest BCUT2D eigenvalue weighted by atomic mass is 10.4. The number of carbonyl (C=O) groups is 6. The van der Waals surface area contributed by atoms with Crippen molar-refractivity contribution >= 4 is 57.5 Å². The topological polar surface area (TPSA) is 146 Å². The minimum Gasteiger partial charge on any atom is -0.421 e. The van der Waals surface area contributed by atoms with Crippen LogP contribution in [0.15, 0.2) is 0 Å². The van der Waals surface area contributed by atoms with Gasteiger partial charge >= 0.3 is 12.3 Å². The van der Waals surface area contributed by atoms with Crippen molar-refractivity contribution in [1.29, 1.82) is 0 Å². The molecule has 2 rings (SSSR count). The molecule has 14 heteroatoms. The van der Waals surface area contributed by atoms with Gasteiger partial charge in [-0.2, -0.15) is 0 Å². The molecular formula is C12H12N2O10S2. The first-order valence-electron chi connectivity index (χ1n) is 7.04. The summed E-state index contributed by atoms with van der Waals surface area (Å²) in [5.41, 5.74) is 0. The summed E-state index contributed by atoms with van der Waals surface area (Å²) in [7, 11) is 1.90. The van der Waals surface area contributed by atoms with E-state index in [1.165, 1.54) is 0 Å². The molecule has 0 aromatic carbocycles. The van der Waals surface area contributed by atoms with E-state index in [9.17, 15) is 28.8 Å². The molecule has 2 aliphatic rings.